The lowest BCUT2D eigenvalue weighted by molar-refractivity contribution is -0.136. The van der Waals surface area contributed by atoms with Crippen molar-refractivity contribution in [2.45, 2.75) is 0 Å². The summed E-state index contributed by atoms with van der Waals surface area (Å²) >= 11 is 0. The fraction of sp³-hybridized carbons (Fsp3) is 0.0556. The molecule has 0 aliphatic carbocycles. The second kappa shape index (κ2) is 8.22. The fourth-order valence-corrected chi connectivity index (χ4v) is 2.05. The molecule has 0 aromatic heterocycles. The lowest BCUT2D eigenvalue weighted by Gasteiger charge is -2.07. The summed E-state index contributed by atoms with van der Waals surface area (Å²) in [7, 11) is 1.24. The van der Waals surface area contributed by atoms with Crippen LogP contribution in [0.5, 0.6) is 0 Å². The summed E-state index contributed by atoms with van der Waals surface area (Å²) in [6.07, 6.45) is 3.20. The summed E-state index contributed by atoms with van der Waals surface area (Å²) < 4.78 is 4.61. The number of carbonyl (C=O) groups excluding carboxylic acids is 1. The highest BCUT2D eigenvalue weighted by Gasteiger charge is 2.07. The van der Waals surface area contributed by atoms with E-state index >= 15 is 0 Å². The van der Waals surface area contributed by atoms with E-state index in [4.69, 9.17) is 5.53 Å². The van der Waals surface area contributed by atoms with E-state index in [1.807, 2.05) is 60.7 Å². The van der Waals surface area contributed by atoms with E-state index in [2.05, 4.69) is 14.8 Å². The van der Waals surface area contributed by atoms with Gasteiger partial charge < -0.3 is 4.74 Å². The number of hydrogen-bond donors (Lipinski definition) is 0. The van der Waals surface area contributed by atoms with Crippen LogP contribution in [0.1, 0.15) is 11.1 Å². The third-order valence-electron chi connectivity index (χ3n) is 3.12. The van der Waals surface area contributed by atoms with Gasteiger partial charge in [0.1, 0.15) is 5.70 Å². The van der Waals surface area contributed by atoms with Crippen LogP contribution < -0.4 is 0 Å². The molecule has 23 heavy (non-hydrogen) atoms. The maximum Gasteiger partial charge on any atom is 0.340 e. The zero-order valence-corrected chi connectivity index (χ0v) is 12.6. The van der Waals surface area contributed by atoms with Crippen molar-refractivity contribution < 1.29 is 9.53 Å². The van der Waals surface area contributed by atoms with Crippen LogP contribution in [0.2, 0.25) is 0 Å². The van der Waals surface area contributed by atoms with Crippen LogP contribution in [0.25, 0.3) is 16.0 Å². The van der Waals surface area contributed by atoms with Crippen LogP contribution in [-0.2, 0) is 9.53 Å². The first-order chi connectivity index (χ1) is 11.3. The van der Waals surface area contributed by atoms with Crippen molar-refractivity contribution in [1.82, 2.24) is 0 Å². The van der Waals surface area contributed by atoms with Gasteiger partial charge in [0.15, 0.2) is 0 Å². The molecule has 2 aromatic carbocycles. The summed E-state index contributed by atoms with van der Waals surface area (Å²) in [5, 5.41) is 3.38. The number of nitrogens with zero attached hydrogens (tertiary/aromatic N) is 3. The van der Waals surface area contributed by atoms with Gasteiger partial charge in [-0.15, -0.1) is 0 Å². The quantitative estimate of drug-likeness (QED) is 0.204. The summed E-state index contributed by atoms with van der Waals surface area (Å²) in [5.74, 6) is -0.681. The predicted octanol–water partition coefficient (Wildman–Crippen LogP) is 4.49. The molecule has 0 unspecified atom stereocenters. The minimum atomic E-state index is -0.681. The number of rotatable bonds is 5. The van der Waals surface area contributed by atoms with E-state index in [0.29, 0.717) is 0 Å². The van der Waals surface area contributed by atoms with Crippen LogP contribution in [0.3, 0.4) is 0 Å². The minimum Gasteiger partial charge on any atom is -0.466 e. The number of azide groups is 1. The Hall–Kier alpha value is -3.30. The largest absolute Gasteiger partial charge is 0.466 e. The lowest BCUT2D eigenvalue weighted by Crippen LogP contribution is -2.01. The molecule has 0 aliphatic heterocycles. The zero-order chi connectivity index (χ0) is 16.5. The van der Waals surface area contributed by atoms with E-state index in [0.717, 1.165) is 16.7 Å². The molecule has 5 heteroatoms. The number of carbonyl (C=O) groups is 1. The molecule has 0 radical (unpaired) electrons. The first-order valence-corrected chi connectivity index (χ1v) is 6.92. The third kappa shape index (κ3) is 4.33. The maximum absolute atomic E-state index is 11.6. The molecule has 2 rings (SSSR count). The molecule has 0 saturated carbocycles. The van der Waals surface area contributed by atoms with Crippen LogP contribution in [-0.4, -0.2) is 13.1 Å². The number of hydrogen-bond acceptors (Lipinski definition) is 3. The van der Waals surface area contributed by atoms with Gasteiger partial charge in [0, 0.05) is 4.91 Å². The first kappa shape index (κ1) is 16.1. The number of benzene rings is 2. The summed E-state index contributed by atoms with van der Waals surface area (Å²) in [4.78, 5) is 14.3. The molecule has 0 fully saturated rings. The molecular weight excluding hydrogens is 290 g/mol. The first-order valence-electron chi connectivity index (χ1n) is 6.92. The van der Waals surface area contributed by atoms with Gasteiger partial charge in [-0.3, -0.25) is 0 Å². The van der Waals surface area contributed by atoms with Gasteiger partial charge in [-0.25, -0.2) is 4.79 Å². The van der Waals surface area contributed by atoms with E-state index in [1.165, 1.54) is 13.2 Å². The second-order valence-corrected chi connectivity index (χ2v) is 4.55. The number of esters is 1. The van der Waals surface area contributed by atoms with Gasteiger partial charge in [0.05, 0.1) is 7.11 Å². The molecule has 0 atom stereocenters. The molecule has 0 bridgehead atoms. The highest BCUT2D eigenvalue weighted by Crippen LogP contribution is 2.23. The normalized spacial score (nSPS) is 10.4. The van der Waals surface area contributed by atoms with Crippen molar-refractivity contribution in [2.24, 2.45) is 5.11 Å². The van der Waals surface area contributed by atoms with Crippen molar-refractivity contribution in [3.63, 3.8) is 0 Å². The Balaban J connectivity index is 2.53. The SMILES string of the molecule is COC(=O)C(=CC=C(c1ccccc1)c1ccccc1)N=[N+]=[N-]. The molecule has 0 aliphatic rings. The molecular formula is C18H15N3O2. The van der Waals surface area contributed by atoms with Gasteiger partial charge in [0.25, 0.3) is 0 Å². The van der Waals surface area contributed by atoms with Crippen LogP contribution >= 0.6 is 0 Å². The van der Waals surface area contributed by atoms with Crippen LogP contribution in [0.4, 0.5) is 0 Å². The van der Waals surface area contributed by atoms with Gasteiger partial charge in [-0.2, -0.15) is 0 Å². The number of allylic oxidation sites excluding steroid dienone is 2. The van der Waals surface area contributed by atoms with Crippen molar-refractivity contribution >= 4 is 11.5 Å². The van der Waals surface area contributed by atoms with Crippen molar-refractivity contribution in [3.8, 4) is 0 Å². The van der Waals surface area contributed by atoms with Gasteiger partial charge in [-0.1, -0.05) is 71.9 Å². The van der Waals surface area contributed by atoms with Crippen LogP contribution in [0.15, 0.2) is 83.6 Å². The molecule has 0 N–H and O–H groups in total. The highest BCUT2D eigenvalue weighted by atomic mass is 16.5. The fourth-order valence-electron chi connectivity index (χ4n) is 2.05. The van der Waals surface area contributed by atoms with Crippen molar-refractivity contribution in [1.29, 1.82) is 0 Å². The Morgan fingerprint density at radius 3 is 1.96 bits per heavy atom. The molecule has 2 aromatic rings. The zero-order valence-electron chi connectivity index (χ0n) is 12.6. The average Bonchev–Trinajstić information content (AvgIpc) is 2.62. The Kier molecular flexibility index (Phi) is 5.74. The van der Waals surface area contributed by atoms with Gasteiger partial charge >= 0.3 is 5.97 Å². The van der Waals surface area contributed by atoms with E-state index in [-0.39, 0.29) is 5.70 Å². The summed E-state index contributed by atoms with van der Waals surface area (Å²) in [6, 6.07) is 19.5. The van der Waals surface area contributed by atoms with Crippen molar-refractivity contribution in [3.05, 3.63) is 100 Å². The van der Waals surface area contributed by atoms with E-state index in [9.17, 15) is 4.79 Å². The average molecular weight is 305 g/mol. The van der Waals surface area contributed by atoms with E-state index < -0.39 is 5.97 Å². The number of ether oxygens (including phenoxy) is 1. The topological polar surface area (TPSA) is 75.1 Å². The Morgan fingerprint density at radius 1 is 1.00 bits per heavy atom. The van der Waals surface area contributed by atoms with Crippen molar-refractivity contribution in [2.75, 3.05) is 7.11 Å². The maximum atomic E-state index is 11.6. The Bertz CT molecular complexity index is 733. The standard InChI is InChI=1S/C18H15N3O2/c1-23-18(22)17(20-21-19)13-12-16(14-8-4-2-5-9-14)15-10-6-3-7-11-15/h2-13H,1H3. The van der Waals surface area contributed by atoms with Gasteiger partial charge in [-0.05, 0) is 28.3 Å². The lowest BCUT2D eigenvalue weighted by atomic mass is 9.97. The Morgan fingerprint density at radius 2 is 1.52 bits per heavy atom. The molecule has 0 heterocycles. The number of methoxy groups -OCH3 is 1. The molecule has 5 nitrogen and oxygen atoms in total. The molecule has 0 spiro atoms. The summed E-state index contributed by atoms with van der Waals surface area (Å²) in [6.45, 7) is 0. The van der Waals surface area contributed by atoms with E-state index in [1.54, 1.807) is 6.08 Å². The van der Waals surface area contributed by atoms with Gasteiger partial charge in [0.2, 0.25) is 0 Å². The molecule has 0 saturated heterocycles. The highest BCUT2D eigenvalue weighted by molar-refractivity contribution is 5.89. The second-order valence-electron chi connectivity index (χ2n) is 4.55. The predicted molar refractivity (Wildman–Crippen MR) is 89.2 cm³/mol. The molecule has 0 amide bonds. The summed E-state index contributed by atoms with van der Waals surface area (Å²) in [5.41, 5.74) is 11.3. The monoisotopic (exact) mass is 305 g/mol. The molecule has 114 valence electrons. The third-order valence-corrected chi connectivity index (χ3v) is 3.12. The smallest absolute Gasteiger partial charge is 0.340 e. The Labute approximate surface area is 134 Å². The van der Waals surface area contributed by atoms with Crippen LogP contribution in [0, 0.1) is 0 Å². The minimum absolute atomic E-state index is 0.0978.